The van der Waals surface area contributed by atoms with Gasteiger partial charge in [-0.2, -0.15) is 4.31 Å². The average molecular weight is 606 g/mol. The Balaban J connectivity index is 1.35. The van der Waals surface area contributed by atoms with Crippen LogP contribution >= 0.6 is 0 Å². The third-order valence-corrected chi connectivity index (χ3v) is 9.85. The maximum absolute atomic E-state index is 14.0. The number of amides is 2. The lowest BCUT2D eigenvalue weighted by molar-refractivity contribution is -0.128. The minimum Gasteiger partial charge on any atom is -0.494 e. The van der Waals surface area contributed by atoms with Gasteiger partial charge in [-0.25, -0.2) is 8.42 Å². The first kappa shape index (κ1) is 30.6. The number of hydrogen-bond acceptors (Lipinski definition) is 6. The minimum atomic E-state index is -3.99. The number of ether oxygens (including phenoxy) is 2. The van der Waals surface area contributed by atoms with Crippen LogP contribution in [0.2, 0.25) is 0 Å². The molecular formula is C33H39N3O6S. The SMILES string of the molecule is CCOc1ccc(S(=O)(=O)N(CC(=O)N2C[C@@H](C(=O)NCCc3ccccc3)Oc3ccccc32)C2CCCCC2)cc1. The van der Waals surface area contributed by atoms with Crippen LogP contribution in [0.5, 0.6) is 11.5 Å². The number of para-hydroxylation sites is 2. The molecule has 1 atom stereocenters. The van der Waals surface area contributed by atoms with E-state index < -0.39 is 22.0 Å². The zero-order chi connectivity index (χ0) is 30.2. The van der Waals surface area contributed by atoms with E-state index in [0.717, 1.165) is 24.8 Å². The van der Waals surface area contributed by atoms with E-state index in [0.29, 0.717) is 49.6 Å². The van der Waals surface area contributed by atoms with E-state index in [-0.39, 0.29) is 29.9 Å². The Morgan fingerprint density at radius 1 is 0.953 bits per heavy atom. The number of benzene rings is 3. The van der Waals surface area contributed by atoms with Gasteiger partial charge in [0.25, 0.3) is 5.91 Å². The molecule has 0 bridgehead atoms. The van der Waals surface area contributed by atoms with Crippen molar-refractivity contribution in [3.05, 3.63) is 84.4 Å². The summed E-state index contributed by atoms with van der Waals surface area (Å²) in [6.45, 7) is 2.41. The standard InChI is InChI=1S/C33H39N3O6S/c1-2-41-27-17-19-28(20-18-27)43(39,40)36(26-13-7-4-8-14-26)24-32(37)35-23-31(42-30-16-10-9-15-29(30)35)33(38)34-22-21-25-11-5-3-6-12-25/h3,5-6,9-12,15-20,26,31H,2,4,7-8,13-14,21-24H2,1H3,(H,34,38)/t31-/m0/s1. The summed E-state index contributed by atoms with van der Waals surface area (Å²) in [5.41, 5.74) is 1.62. The van der Waals surface area contributed by atoms with Gasteiger partial charge in [0.15, 0.2) is 6.10 Å². The maximum Gasteiger partial charge on any atom is 0.262 e. The predicted octanol–water partition coefficient (Wildman–Crippen LogP) is 4.56. The summed E-state index contributed by atoms with van der Waals surface area (Å²) < 4.78 is 40.9. The Kier molecular flexibility index (Phi) is 9.99. The fourth-order valence-electron chi connectivity index (χ4n) is 5.70. The van der Waals surface area contributed by atoms with E-state index in [2.05, 4.69) is 5.32 Å². The molecule has 0 saturated heterocycles. The van der Waals surface area contributed by atoms with E-state index in [1.54, 1.807) is 36.4 Å². The molecule has 0 aromatic heterocycles. The molecule has 1 fully saturated rings. The maximum atomic E-state index is 14.0. The van der Waals surface area contributed by atoms with Gasteiger partial charge in [-0.05, 0) is 68.1 Å². The van der Waals surface area contributed by atoms with Gasteiger partial charge in [0.1, 0.15) is 11.5 Å². The van der Waals surface area contributed by atoms with Gasteiger partial charge < -0.3 is 19.7 Å². The van der Waals surface area contributed by atoms with Gasteiger partial charge in [-0.15, -0.1) is 0 Å². The monoisotopic (exact) mass is 605 g/mol. The number of rotatable bonds is 11. The van der Waals surface area contributed by atoms with Crippen molar-refractivity contribution in [2.75, 3.05) is 31.1 Å². The highest BCUT2D eigenvalue weighted by Gasteiger charge is 2.38. The normalized spacial score (nSPS) is 17.2. The molecule has 0 radical (unpaired) electrons. The fourth-order valence-corrected chi connectivity index (χ4v) is 7.34. The van der Waals surface area contributed by atoms with Crippen LogP contribution in [0.4, 0.5) is 5.69 Å². The summed E-state index contributed by atoms with van der Waals surface area (Å²) in [5.74, 6) is 0.260. The van der Waals surface area contributed by atoms with Crippen molar-refractivity contribution in [2.24, 2.45) is 0 Å². The summed E-state index contributed by atoms with van der Waals surface area (Å²) in [7, 11) is -3.99. The summed E-state index contributed by atoms with van der Waals surface area (Å²) in [4.78, 5) is 28.8. The number of nitrogens with zero attached hydrogens (tertiary/aromatic N) is 2. The van der Waals surface area contributed by atoms with Gasteiger partial charge in [-0.1, -0.05) is 61.7 Å². The Morgan fingerprint density at radius 3 is 2.37 bits per heavy atom. The van der Waals surface area contributed by atoms with E-state index in [1.165, 1.54) is 21.3 Å². The van der Waals surface area contributed by atoms with Crippen molar-refractivity contribution in [3.63, 3.8) is 0 Å². The number of hydrogen-bond donors (Lipinski definition) is 1. The van der Waals surface area contributed by atoms with Crippen molar-refractivity contribution >= 4 is 27.5 Å². The van der Waals surface area contributed by atoms with Crippen molar-refractivity contribution in [2.45, 2.75) is 62.5 Å². The van der Waals surface area contributed by atoms with Crippen LogP contribution in [0.25, 0.3) is 0 Å². The molecule has 2 aliphatic rings. The first-order valence-electron chi connectivity index (χ1n) is 15.0. The van der Waals surface area contributed by atoms with Crippen LogP contribution in [-0.2, 0) is 26.0 Å². The minimum absolute atomic E-state index is 0.0192. The second kappa shape index (κ2) is 14.1. The van der Waals surface area contributed by atoms with E-state index in [9.17, 15) is 18.0 Å². The first-order chi connectivity index (χ1) is 20.9. The van der Waals surface area contributed by atoms with Gasteiger partial charge >= 0.3 is 0 Å². The highest BCUT2D eigenvalue weighted by atomic mass is 32.2. The molecule has 0 spiro atoms. The lowest BCUT2D eigenvalue weighted by atomic mass is 9.95. The van der Waals surface area contributed by atoms with Crippen molar-refractivity contribution in [3.8, 4) is 11.5 Å². The molecule has 0 unspecified atom stereocenters. The molecule has 228 valence electrons. The van der Waals surface area contributed by atoms with Gasteiger partial charge in [-0.3, -0.25) is 9.59 Å². The second-order valence-corrected chi connectivity index (χ2v) is 12.7. The molecule has 5 rings (SSSR count). The van der Waals surface area contributed by atoms with Crippen LogP contribution in [0.3, 0.4) is 0 Å². The highest BCUT2D eigenvalue weighted by Crippen LogP contribution is 2.34. The van der Waals surface area contributed by atoms with Gasteiger partial charge in [0, 0.05) is 12.6 Å². The topological polar surface area (TPSA) is 105 Å². The Bertz CT molecular complexity index is 1490. The Hall–Kier alpha value is -3.89. The Morgan fingerprint density at radius 2 is 1.65 bits per heavy atom. The average Bonchev–Trinajstić information content (AvgIpc) is 3.04. The highest BCUT2D eigenvalue weighted by molar-refractivity contribution is 7.89. The van der Waals surface area contributed by atoms with Crippen LogP contribution in [0.1, 0.15) is 44.6 Å². The largest absolute Gasteiger partial charge is 0.494 e. The number of sulfonamides is 1. The number of nitrogens with one attached hydrogen (secondary N) is 1. The Labute approximate surface area is 253 Å². The first-order valence-corrected chi connectivity index (χ1v) is 16.4. The molecule has 1 saturated carbocycles. The molecular weight excluding hydrogens is 566 g/mol. The molecule has 10 heteroatoms. The zero-order valence-corrected chi connectivity index (χ0v) is 25.3. The quantitative estimate of drug-likeness (QED) is 0.344. The number of anilines is 1. The van der Waals surface area contributed by atoms with Crippen LogP contribution in [0.15, 0.2) is 83.8 Å². The van der Waals surface area contributed by atoms with Crippen LogP contribution < -0.4 is 19.7 Å². The molecule has 1 heterocycles. The lowest BCUT2D eigenvalue weighted by Crippen LogP contribution is -2.54. The number of fused-ring (bicyclic) bond motifs is 1. The van der Waals surface area contributed by atoms with Gasteiger partial charge in [0.2, 0.25) is 15.9 Å². The predicted molar refractivity (Wildman–Crippen MR) is 165 cm³/mol. The van der Waals surface area contributed by atoms with Crippen molar-refractivity contribution in [1.29, 1.82) is 0 Å². The third kappa shape index (κ3) is 7.37. The number of carbonyl (C=O) groups is 2. The van der Waals surface area contributed by atoms with E-state index in [4.69, 9.17) is 9.47 Å². The van der Waals surface area contributed by atoms with Crippen LogP contribution in [0, 0.1) is 0 Å². The molecule has 3 aromatic rings. The summed E-state index contributed by atoms with van der Waals surface area (Å²) in [6.07, 6.45) is 3.96. The summed E-state index contributed by atoms with van der Waals surface area (Å²) in [6, 6.07) is 22.9. The van der Waals surface area contributed by atoms with Gasteiger partial charge in [0.05, 0.1) is 30.3 Å². The van der Waals surface area contributed by atoms with E-state index in [1.807, 2.05) is 37.3 Å². The molecule has 1 aliphatic heterocycles. The summed E-state index contributed by atoms with van der Waals surface area (Å²) in [5, 5.41) is 2.92. The zero-order valence-electron chi connectivity index (χ0n) is 24.5. The van der Waals surface area contributed by atoms with Crippen LogP contribution in [-0.4, -0.2) is 62.9 Å². The smallest absolute Gasteiger partial charge is 0.262 e. The van der Waals surface area contributed by atoms with Crippen molar-refractivity contribution < 1.29 is 27.5 Å². The second-order valence-electron chi connectivity index (χ2n) is 10.9. The fraction of sp³-hybridized carbons (Fsp3) is 0.394. The summed E-state index contributed by atoms with van der Waals surface area (Å²) >= 11 is 0. The molecule has 1 N–H and O–H groups in total. The molecule has 9 nitrogen and oxygen atoms in total. The van der Waals surface area contributed by atoms with E-state index >= 15 is 0 Å². The molecule has 43 heavy (non-hydrogen) atoms. The lowest BCUT2D eigenvalue weighted by Gasteiger charge is -2.37. The number of carbonyl (C=O) groups excluding carboxylic acids is 2. The molecule has 3 aromatic carbocycles. The third-order valence-electron chi connectivity index (χ3n) is 7.94. The molecule has 2 amide bonds. The van der Waals surface area contributed by atoms with Crippen molar-refractivity contribution in [1.82, 2.24) is 9.62 Å². The molecule has 1 aliphatic carbocycles.